The van der Waals surface area contributed by atoms with E-state index in [0.717, 1.165) is 26.1 Å². The van der Waals surface area contributed by atoms with E-state index >= 15 is 0 Å². The van der Waals surface area contributed by atoms with Gasteiger partial charge in [-0.25, -0.2) is 0 Å². The fraction of sp³-hybridized carbons (Fsp3) is 0.929. The first-order chi connectivity index (χ1) is 8.36. The number of nitrogens with zero attached hydrogens (tertiary/aromatic N) is 2. The van der Waals surface area contributed by atoms with Crippen molar-refractivity contribution in [2.75, 3.05) is 19.7 Å². The molecule has 1 N–H and O–H groups in total. The van der Waals surface area contributed by atoms with Crippen LogP contribution < -0.4 is 5.32 Å². The maximum atomic E-state index is 9.33. The van der Waals surface area contributed by atoms with E-state index in [0.29, 0.717) is 18.2 Å². The van der Waals surface area contributed by atoms with E-state index in [1.807, 2.05) is 6.92 Å². The van der Waals surface area contributed by atoms with Gasteiger partial charge in [-0.05, 0) is 41.0 Å². The van der Waals surface area contributed by atoms with E-state index in [-0.39, 0.29) is 0 Å². The molecule has 3 atom stereocenters. The van der Waals surface area contributed by atoms with Crippen molar-refractivity contribution >= 4 is 0 Å². The Labute approximate surface area is 111 Å². The monoisotopic (exact) mass is 253 g/mol. The van der Waals surface area contributed by atoms with Gasteiger partial charge in [-0.3, -0.25) is 10.2 Å². The van der Waals surface area contributed by atoms with Crippen molar-refractivity contribution in [1.29, 1.82) is 5.26 Å². The predicted octanol–water partition coefficient (Wildman–Crippen LogP) is 1.77. The predicted molar refractivity (Wildman–Crippen MR) is 73.4 cm³/mol. The topological polar surface area (TPSA) is 48.3 Å². The molecule has 0 spiro atoms. The summed E-state index contributed by atoms with van der Waals surface area (Å²) >= 11 is 0. The zero-order valence-corrected chi connectivity index (χ0v) is 12.4. The fourth-order valence-electron chi connectivity index (χ4n) is 2.45. The highest BCUT2D eigenvalue weighted by Gasteiger charge is 2.28. The van der Waals surface area contributed by atoms with E-state index in [4.69, 9.17) is 4.74 Å². The first-order valence-electron chi connectivity index (χ1n) is 6.91. The molecular formula is C14H27N3O. The highest BCUT2D eigenvalue weighted by molar-refractivity contribution is 5.05. The molecule has 0 saturated carbocycles. The van der Waals surface area contributed by atoms with Crippen LogP contribution in [0.25, 0.3) is 0 Å². The van der Waals surface area contributed by atoms with Gasteiger partial charge in [0.2, 0.25) is 0 Å². The summed E-state index contributed by atoms with van der Waals surface area (Å²) in [6, 6.07) is 3.18. The van der Waals surface area contributed by atoms with Gasteiger partial charge < -0.3 is 4.74 Å². The summed E-state index contributed by atoms with van der Waals surface area (Å²) in [6.07, 6.45) is 1.14. The molecule has 0 bridgehead atoms. The Morgan fingerprint density at radius 2 is 2.17 bits per heavy atom. The van der Waals surface area contributed by atoms with Crippen LogP contribution in [0.4, 0.5) is 0 Å². The highest BCUT2D eigenvalue weighted by Crippen LogP contribution is 2.16. The number of morpholine rings is 1. The Morgan fingerprint density at radius 1 is 1.50 bits per heavy atom. The van der Waals surface area contributed by atoms with E-state index in [1.165, 1.54) is 0 Å². The lowest BCUT2D eigenvalue weighted by molar-refractivity contribution is -0.0508. The quantitative estimate of drug-likeness (QED) is 0.811. The van der Waals surface area contributed by atoms with Crippen LogP contribution >= 0.6 is 0 Å². The molecule has 1 aliphatic heterocycles. The van der Waals surface area contributed by atoms with Gasteiger partial charge in [0, 0.05) is 25.2 Å². The molecule has 0 radical (unpaired) electrons. The molecule has 18 heavy (non-hydrogen) atoms. The van der Waals surface area contributed by atoms with Crippen LogP contribution in [0.1, 0.15) is 41.0 Å². The summed E-state index contributed by atoms with van der Waals surface area (Å²) in [6.45, 7) is 13.1. The molecule has 0 aliphatic carbocycles. The van der Waals surface area contributed by atoms with Gasteiger partial charge in [-0.1, -0.05) is 0 Å². The normalized spacial score (nSPS) is 28.9. The molecule has 3 unspecified atom stereocenters. The van der Waals surface area contributed by atoms with Crippen molar-refractivity contribution in [3.05, 3.63) is 0 Å². The second-order valence-electron chi connectivity index (χ2n) is 5.98. The van der Waals surface area contributed by atoms with E-state index < -0.39 is 5.54 Å². The molecule has 4 nitrogen and oxygen atoms in total. The Balaban J connectivity index is 2.49. The van der Waals surface area contributed by atoms with Gasteiger partial charge in [0.1, 0.15) is 5.54 Å². The Kier molecular flexibility index (Phi) is 5.58. The van der Waals surface area contributed by atoms with E-state index in [2.05, 4.69) is 44.0 Å². The summed E-state index contributed by atoms with van der Waals surface area (Å²) in [5.41, 5.74) is -0.435. The largest absolute Gasteiger partial charge is 0.376 e. The van der Waals surface area contributed by atoms with Crippen LogP contribution in [0.3, 0.4) is 0 Å². The second-order valence-corrected chi connectivity index (χ2v) is 5.98. The summed E-state index contributed by atoms with van der Waals surface area (Å²) in [5.74, 6) is 0. The maximum absolute atomic E-state index is 9.33. The van der Waals surface area contributed by atoms with Gasteiger partial charge >= 0.3 is 0 Å². The number of hydrogen-bond acceptors (Lipinski definition) is 4. The maximum Gasteiger partial charge on any atom is 0.105 e. The molecule has 1 saturated heterocycles. The van der Waals surface area contributed by atoms with Crippen molar-refractivity contribution in [2.24, 2.45) is 0 Å². The minimum Gasteiger partial charge on any atom is -0.376 e. The lowest BCUT2D eigenvalue weighted by Crippen LogP contribution is -2.51. The molecule has 0 aromatic carbocycles. The third-order valence-corrected chi connectivity index (χ3v) is 3.49. The van der Waals surface area contributed by atoms with Gasteiger partial charge in [0.25, 0.3) is 0 Å². The van der Waals surface area contributed by atoms with Crippen molar-refractivity contribution in [2.45, 2.75) is 64.8 Å². The number of rotatable bonds is 5. The standard InChI is InChI=1S/C14H27N3O/c1-11(2)16-14(5,10-15)6-7-17-8-13(4)18-9-12(17)3/h11-13,16H,6-9H2,1-5H3. The van der Waals surface area contributed by atoms with E-state index in [9.17, 15) is 5.26 Å². The fourth-order valence-corrected chi connectivity index (χ4v) is 2.45. The van der Waals surface area contributed by atoms with Crippen LogP contribution in [0.15, 0.2) is 0 Å². The molecule has 0 amide bonds. The third-order valence-electron chi connectivity index (χ3n) is 3.49. The van der Waals surface area contributed by atoms with Gasteiger partial charge in [-0.2, -0.15) is 5.26 Å². The molecule has 104 valence electrons. The summed E-state index contributed by atoms with van der Waals surface area (Å²) in [4.78, 5) is 2.42. The molecule has 4 heteroatoms. The SMILES string of the molecule is CC(C)NC(C)(C#N)CCN1CC(C)OCC1C. The third kappa shape index (κ3) is 4.56. The Morgan fingerprint density at radius 3 is 2.72 bits per heavy atom. The first-order valence-corrected chi connectivity index (χ1v) is 6.91. The van der Waals surface area contributed by atoms with Crippen LogP contribution in [0.5, 0.6) is 0 Å². The van der Waals surface area contributed by atoms with Gasteiger partial charge in [0.15, 0.2) is 0 Å². The van der Waals surface area contributed by atoms with Crippen LogP contribution in [0.2, 0.25) is 0 Å². The Bertz CT molecular complexity index is 300. The lowest BCUT2D eigenvalue weighted by atomic mass is 9.97. The zero-order chi connectivity index (χ0) is 13.8. The number of hydrogen-bond donors (Lipinski definition) is 1. The van der Waals surface area contributed by atoms with Crippen LogP contribution in [-0.4, -0.2) is 48.3 Å². The van der Waals surface area contributed by atoms with Crippen molar-refractivity contribution in [3.63, 3.8) is 0 Å². The minimum absolute atomic E-state index is 0.299. The van der Waals surface area contributed by atoms with Gasteiger partial charge in [-0.15, -0.1) is 0 Å². The van der Waals surface area contributed by atoms with Gasteiger partial charge in [0.05, 0.1) is 18.8 Å². The van der Waals surface area contributed by atoms with Crippen molar-refractivity contribution in [1.82, 2.24) is 10.2 Å². The number of nitriles is 1. The molecule has 0 aromatic heterocycles. The average molecular weight is 253 g/mol. The molecule has 1 heterocycles. The summed E-state index contributed by atoms with van der Waals surface area (Å²) in [7, 11) is 0. The molecule has 1 fully saturated rings. The lowest BCUT2D eigenvalue weighted by Gasteiger charge is -2.38. The average Bonchev–Trinajstić information content (AvgIpc) is 2.29. The van der Waals surface area contributed by atoms with Crippen LogP contribution in [0, 0.1) is 11.3 Å². The number of ether oxygens (including phenoxy) is 1. The molecule has 1 rings (SSSR count). The molecular weight excluding hydrogens is 226 g/mol. The zero-order valence-electron chi connectivity index (χ0n) is 12.4. The minimum atomic E-state index is -0.435. The Hall–Kier alpha value is -0.630. The van der Waals surface area contributed by atoms with Crippen LogP contribution in [-0.2, 0) is 4.74 Å². The van der Waals surface area contributed by atoms with Crippen molar-refractivity contribution < 1.29 is 4.74 Å². The molecule has 0 aromatic rings. The van der Waals surface area contributed by atoms with E-state index in [1.54, 1.807) is 0 Å². The summed E-state index contributed by atoms with van der Waals surface area (Å²) < 4.78 is 5.62. The summed E-state index contributed by atoms with van der Waals surface area (Å²) in [5, 5.41) is 12.7. The van der Waals surface area contributed by atoms with Crippen molar-refractivity contribution in [3.8, 4) is 6.07 Å². The molecule has 1 aliphatic rings. The smallest absolute Gasteiger partial charge is 0.105 e. The first kappa shape index (κ1) is 15.4. The number of nitrogens with one attached hydrogen (secondary N) is 1. The second kappa shape index (κ2) is 6.51. The highest BCUT2D eigenvalue weighted by atomic mass is 16.5.